The second kappa shape index (κ2) is 16.3. The molecule has 13 heteroatoms. The van der Waals surface area contributed by atoms with Crippen LogP contribution in [-0.4, -0.2) is 30.5 Å². The second-order valence-electron chi connectivity index (χ2n) is 11.0. The van der Waals surface area contributed by atoms with Crippen molar-refractivity contribution in [1.29, 1.82) is 0 Å². The maximum Gasteiger partial charge on any atom is 0.417 e. The summed E-state index contributed by atoms with van der Waals surface area (Å²) < 4.78 is 73.9. The molecule has 0 spiro atoms. The van der Waals surface area contributed by atoms with Crippen LogP contribution in [0.1, 0.15) is 103 Å². The number of aromatic carboxylic acids is 1. The van der Waals surface area contributed by atoms with Crippen molar-refractivity contribution in [3.8, 4) is 22.6 Å². The van der Waals surface area contributed by atoms with Gasteiger partial charge >= 0.3 is 22.3 Å². The van der Waals surface area contributed by atoms with E-state index >= 15 is 0 Å². The Morgan fingerprint density at radius 1 is 0.891 bits per heavy atom. The first-order valence-corrected chi connectivity index (χ1v) is 17.2. The summed E-state index contributed by atoms with van der Waals surface area (Å²) in [6.07, 6.45) is 6.65. The molecule has 0 aromatic heterocycles. The lowest BCUT2D eigenvalue weighted by atomic mass is 9.92. The Kier molecular flexibility index (Phi) is 13.1. The Balaban J connectivity index is 1.99. The van der Waals surface area contributed by atoms with Gasteiger partial charge in [0, 0.05) is 11.6 Å². The molecule has 3 rings (SSSR count). The highest BCUT2D eigenvalue weighted by Gasteiger charge is 2.37. The third kappa shape index (κ3) is 9.71. The van der Waals surface area contributed by atoms with Crippen LogP contribution in [-0.2, 0) is 22.7 Å². The highest BCUT2D eigenvalue weighted by atomic mass is 79.9. The number of rotatable bonds is 17. The molecule has 0 aliphatic heterocycles. The van der Waals surface area contributed by atoms with Gasteiger partial charge in [0.1, 0.15) is 16.2 Å². The van der Waals surface area contributed by atoms with Crippen molar-refractivity contribution in [2.45, 2.75) is 88.6 Å². The molecule has 0 aliphatic carbocycles. The molecule has 0 radical (unpaired) electrons. The maximum absolute atomic E-state index is 13.9. The molecule has 3 aromatic rings. The number of nitrogens with two attached hydrogens (primary N) is 1. The van der Waals surface area contributed by atoms with E-state index in [1.165, 1.54) is 44.2 Å². The lowest BCUT2D eigenvalue weighted by molar-refractivity contribution is -0.137. The zero-order valence-electron chi connectivity index (χ0n) is 25.3. The molecule has 0 unspecified atom stereocenters. The van der Waals surface area contributed by atoms with Crippen LogP contribution in [0, 0.1) is 0 Å². The standard InChI is InChI=1S/C33H37BrF3NO7S/c1-2-3-4-5-6-7-8-9-10-11-13-21-18-25(23-14-12-15-26(33(35,36)37)29(23)31(38)40)30(27(34)19-21)45-46(43,44)22-16-17-24(32(41)42)28(39)20-22/h12,14-20,39H,2-11,13H2,1H3,(H2,38,40)(H,41,42). The SMILES string of the molecule is CCCCCCCCCCCCc1cc(Br)c(OS(=O)(=O)c2ccc(C(=O)O)c(O)c2)c(-c2cccc(C(F)(F)F)c2C(N)=O)c1. The predicted octanol–water partition coefficient (Wildman–Crippen LogP) is 8.87. The molecule has 0 aliphatic rings. The van der Waals surface area contributed by atoms with E-state index in [9.17, 15) is 36.3 Å². The number of alkyl halides is 3. The van der Waals surface area contributed by atoms with E-state index in [1.807, 2.05) is 0 Å². The van der Waals surface area contributed by atoms with Crippen molar-refractivity contribution in [2.75, 3.05) is 0 Å². The molecule has 46 heavy (non-hydrogen) atoms. The van der Waals surface area contributed by atoms with Crippen LogP contribution < -0.4 is 9.92 Å². The number of amides is 1. The maximum atomic E-state index is 13.9. The summed E-state index contributed by atoms with van der Waals surface area (Å²) in [7, 11) is -4.77. The number of hydrogen-bond acceptors (Lipinski definition) is 6. The minimum atomic E-state index is -4.94. The molecule has 3 aromatic carbocycles. The number of carboxylic acids is 1. The predicted molar refractivity (Wildman–Crippen MR) is 172 cm³/mol. The zero-order valence-corrected chi connectivity index (χ0v) is 27.7. The van der Waals surface area contributed by atoms with Gasteiger partial charge in [-0.1, -0.05) is 76.8 Å². The van der Waals surface area contributed by atoms with Crippen LogP contribution in [0.2, 0.25) is 0 Å². The number of aryl methyl sites for hydroxylation is 1. The van der Waals surface area contributed by atoms with Crippen LogP contribution in [0.4, 0.5) is 13.2 Å². The van der Waals surface area contributed by atoms with E-state index in [-0.39, 0.29) is 15.6 Å². The molecule has 4 N–H and O–H groups in total. The van der Waals surface area contributed by atoms with E-state index in [2.05, 4.69) is 22.9 Å². The van der Waals surface area contributed by atoms with Crippen LogP contribution in [0.5, 0.6) is 11.5 Å². The van der Waals surface area contributed by atoms with E-state index in [0.29, 0.717) is 24.1 Å². The van der Waals surface area contributed by atoms with Crippen molar-refractivity contribution >= 4 is 37.9 Å². The second-order valence-corrected chi connectivity index (χ2v) is 13.4. The van der Waals surface area contributed by atoms with Gasteiger partial charge < -0.3 is 20.1 Å². The van der Waals surface area contributed by atoms with Gasteiger partial charge in [0.15, 0.2) is 5.75 Å². The van der Waals surface area contributed by atoms with E-state index < -0.39 is 61.3 Å². The van der Waals surface area contributed by atoms with Gasteiger partial charge in [-0.25, -0.2) is 4.79 Å². The minimum Gasteiger partial charge on any atom is -0.507 e. The highest BCUT2D eigenvalue weighted by Crippen LogP contribution is 2.44. The van der Waals surface area contributed by atoms with Crippen LogP contribution in [0.25, 0.3) is 11.1 Å². The zero-order chi connectivity index (χ0) is 34.1. The van der Waals surface area contributed by atoms with Crippen molar-refractivity contribution in [3.05, 3.63) is 75.3 Å². The van der Waals surface area contributed by atoms with Gasteiger partial charge in [-0.2, -0.15) is 21.6 Å². The van der Waals surface area contributed by atoms with Gasteiger partial charge in [-0.15, -0.1) is 0 Å². The van der Waals surface area contributed by atoms with Crippen LogP contribution >= 0.6 is 15.9 Å². The first-order chi connectivity index (χ1) is 21.7. The van der Waals surface area contributed by atoms with Gasteiger partial charge in [0.25, 0.3) is 0 Å². The third-order valence-corrected chi connectivity index (χ3v) is 9.32. The van der Waals surface area contributed by atoms with Gasteiger partial charge in [-0.3, -0.25) is 4.79 Å². The van der Waals surface area contributed by atoms with Crippen molar-refractivity contribution in [2.24, 2.45) is 5.73 Å². The molecule has 0 fully saturated rings. The van der Waals surface area contributed by atoms with Crippen molar-refractivity contribution in [3.63, 3.8) is 0 Å². The Morgan fingerprint density at radius 2 is 1.50 bits per heavy atom. The van der Waals surface area contributed by atoms with Gasteiger partial charge in [-0.05, 0) is 70.2 Å². The van der Waals surface area contributed by atoms with E-state index in [4.69, 9.17) is 15.0 Å². The number of benzene rings is 3. The number of primary amides is 1. The summed E-state index contributed by atoms with van der Waals surface area (Å²) in [4.78, 5) is 23.1. The number of unbranched alkanes of at least 4 members (excludes halogenated alkanes) is 9. The number of hydrogen-bond donors (Lipinski definition) is 3. The Hall–Kier alpha value is -3.58. The summed E-state index contributed by atoms with van der Waals surface area (Å²) in [5, 5.41) is 19.2. The number of carboxylic acid groups (broad SMARTS) is 1. The van der Waals surface area contributed by atoms with Gasteiger partial charge in [0.2, 0.25) is 5.91 Å². The first-order valence-electron chi connectivity index (χ1n) is 15.0. The summed E-state index contributed by atoms with van der Waals surface area (Å²) >= 11 is 3.30. The highest BCUT2D eigenvalue weighted by molar-refractivity contribution is 9.10. The summed E-state index contributed by atoms with van der Waals surface area (Å²) in [6.45, 7) is 2.18. The first kappa shape index (κ1) is 36.9. The molecule has 0 saturated carbocycles. The molecular formula is C33H37BrF3NO7S. The number of carbonyl (C=O) groups excluding carboxylic acids is 1. The molecule has 250 valence electrons. The quantitative estimate of drug-likeness (QED) is 0.0931. The van der Waals surface area contributed by atoms with E-state index in [0.717, 1.165) is 50.3 Å². The molecule has 0 bridgehead atoms. The lowest BCUT2D eigenvalue weighted by Gasteiger charge is -2.19. The lowest BCUT2D eigenvalue weighted by Crippen LogP contribution is -2.20. The number of aromatic hydroxyl groups is 1. The number of phenols is 1. The molecule has 0 atom stereocenters. The van der Waals surface area contributed by atoms with Crippen LogP contribution in [0.15, 0.2) is 57.9 Å². The Labute approximate surface area is 275 Å². The monoisotopic (exact) mass is 727 g/mol. The normalized spacial score (nSPS) is 11.8. The van der Waals surface area contributed by atoms with Crippen LogP contribution in [0.3, 0.4) is 0 Å². The largest absolute Gasteiger partial charge is 0.507 e. The van der Waals surface area contributed by atoms with Crippen molar-refractivity contribution < 1.29 is 45.6 Å². The molecule has 1 amide bonds. The smallest absolute Gasteiger partial charge is 0.417 e. The van der Waals surface area contributed by atoms with E-state index in [1.54, 1.807) is 6.07 Å². The number of halogens is 4. The summed E-state index contributed by atoms with van der Waals surface area (Å²) in [5.41, 5.74) is 2.97. The molecule has 0 saturated heterocycles. The Morgan fingerprint density at radius 3 is 2.04 bits per heavy atom. The minimum absolute atomic E-state index is 0.0786. The fourth-order valence-electron chi connectivity index (χ4n) is 5.18. The average molecular weight is 729 g/mol. The summed E-state index contributed by atoms with van der Waals surface area (Å²) in [5.74, 6) is -4.12. The molecule has 0 heterocycles. The fourth-order valence-corrected chi connectivity index (χ4v) is 6.86. The number of carbonyl (C=O) groups is 2. The Bertz CT molecular complexity index is 1660. The molecule has 8 nitrogen and oxygen atoms in total. The fraction of sp³-hybridized carbons (Fsp3) is 0.394. The van der Waals surface area contributed by atoms with Gasteiger partial charge in [0.05, 0.1) is 15.6 Å². The summed E-state index contributed by atoms with van der Waals surface area (Å²) in [6, 6.07) is 8.52. The third-order valence-electron chi connectivity index (χ3n) is 7.51. The molecular weight excluding hydrogens is 691 g/mol. The topological polar surface area (TPSA) is 144 Å². The average Bonchev–Trinajstić information content (AvgIpc) is 2.98. The van der Waals surface area contributed by atoms with Crippen molar-refractivity contribution in [1.82, 2.24) is 0 Å².